The molecule has 5 N–H and O–H groups in total. The summed E-state index contributed by atoms with van der Waals surface area (Å²) in [4.78, 5) is 0. The Labute approximate surface area is 62.9 Å². The second-order valence-electron chi connectivity index (χ2n) is 0.408. The van der Waals surface area contributed by atoms with E-state index in [1.165, 1.54) is 0 Å². The van der Waals surface area contributed by atoms with Gasteiger partial charge in [-0.05, 0) is 0 Å². The van der Waals surface area contributed by atoms with Gasteiger partial charge in [-0.3, -0.25) is 8.42 Å². The Morgan fingerprint density at radius 2 is 1.12 bits per heavy atom. The third-order valence-corrected chi connectivity index (χ3v) is 0. The van der Waals surface area contributed by atoms with E-state index in [1.54, 1.807) is 0 Å². The van der Waals surface area contributed by atoms with Gasteiger partial charge < -0.3 is 20.7 Å². The molecular weight excluding hydrogens is 150 g/mol. The van der Waals surface area contributed by atoms with E-state index >= 15 is 0 Å². The van der Waals surface area contributed by atoms with Crippen LogP contribution in [0, 0.1) is 0 Å². The van der Waals surface area contributed by atoms with Gasteiger partial charge in [0.05, 0.1) is 0 Å². The van der Waals surface area contributed by atoms with E-state index in [9.17, 15) is 0 Å². The van der Waals surface area contributed by atoms with Crippen LogP contribution in [0.3, 0.4) is 0 Å². The van der Waals surface area contributed by atoms with Crippen LogP contribution in [0.4, 0.5) is 0 Å². The minimum absolute atomic E-state index is 0. The average Bonchev–Trinajstić information content (AvgIpc) is 0.722. The molecule has 8 heteroatoms. The minimum atomic E-state index is -5.17. The fourth-order valence-corrected chi connectivity index (χ4v) is 0. The normalized spacial score (nSPS) is 7.25. The third-order valence-electron chi connectivity index (χ3n) is 0. The smallest absolute Gasteiger partial charge is 0.870 e. The van der Waals surface area contributed by atoms with Gasteiger partial charge in [0.15, 0.2) is 0 Å². The molecule has 0 aliphatic carbocycles. The summed E-state index contributed by atoms with van der Waals surface area (Å²) in [5, 5.41) is 0. The van der Waals surface area contributed by atoms with Gasteiger partial charge in [-0.25, -0.2) is 0 Å². The standard InChI is InChI=1S/Mg.H3N.H2O4S.H2O/c;;1-5(2,3)4;/h;1H3;(H2,1,2,3,4);1H2/q+2;;;/p-2. The number of rotatable bonds is 0. The largest absolute Gasteiger partial charge is 2.00 e. The zero-order chi connectivity index (χ0) is 4.50. The molecule has 48 valence electrons. The second kappa shape index (κ2) is 7.56. The summed E-state index contributed by atoms with van der Waals surface area (Å²) in [5.74, 6) is 0. The van der Waals surface area contributed by atoms with Crippen LogP contribution in [0.15, 0.2) is 0 Å². The van der Waals surface area contributed by atoms with Crippen molar-refractivity contribution in [1.82, 2.24) is 6.15 Å². The zero-order valence-electron chi connectivity index (χ0n) is 4.20. The Bertz CT molecular complexity index is 95.6. The number of quaternary nitrogens is 1. The van der Waals surface area contributed by atoms with Crippen molar-refractivity contribution in [2.45, 2.75) is 0 Å². The van der Waals surface area contributed by atoms with Crippen LogP contribution >= 0.6 is 0 Å². The monoisotopic (exact) mass is 155 g/mol. The summed E-state index contributed by atoms with van der Waals surface area (Å²) in [6.45, 7) is 0. The van der Waals surface area contributed by atoms with Gasteiger partial charge in [-0.1, -0.05) is 0 Å². The predicted octanol–water partition coefficient (Wildman–Crippen LogP) is -1.52. The molecule has 0 aromatic carbocycles. The van der Waals surface area contributed by atoms with E-state index in [1.807, 2.05) is 0 Å². The van der Waals surface area contributed by atoms with Crippen molar-refractivity contribution in [3.8, 4) is 0 Å². The summed E-state index contributed by atoms with van der Waals surface area (Å²) in [7, 11) is -5.17. The van der Waals surface area contributed by atoms with Crippen molar-refractivity contribution in [2.75, 3.05) is 0 Å². The van der Waals surface area contributed by atoms with Gasteiger partial charge in [-0.15, -0.1) is 0 Å². The van der Waals surface area contributed by atoms with Crippen LogP contribution in [0.2, 0.25) is 0 Å². The first-order chi connectivity index (χ1) is 2.00. The SMILES string of the molecule is O=S(=O)([O-])[O-].[Mg+2].[NH4+].[OH-]. The van der Waals surface area contributed by atoms with Gasteiger partial charge in [0.2, 0.25) is 0 Å². The fraction of sp³-hybridized carbons (Fsp3) is 0. The summed E-state index contributed by atoms with van der Waals surface area (Å²) < 4.78 is 34.1. The Kier molecular flexibility index (Phi) is 22.2. The van der Waals surface area contributed by atoms with Crippen molar-refractivity contribution >= 4 is 33.5 Å². The van der Waals surface area contributed by atoms with Crippen LogP contribution in [-0.4, -0.2) is 46.1 Å². The molecule has 0 amide bonds. The Morgan fingerprint density at radius 3 is 1.12 bits per heavy atom. The van der Waals surface area contributed by atoms with E-state index < -0.39 is 10.4 Å². The summed E-state index contributed by atoms with van der Waals surface area (Å²) in [5.41, 5.74) is 0. The van der Waals surface area contributed by atoms with Crippen LogP contribution in [0.25, 0.3) is 0 Å². The van der Waals surface area contributed by atoms with Gasteiger partial charge in [-0.2, -0.15) is 0 Å². The molecule has 0 aromatic heterocycles. The molecule has 0 saturated heterocycles. The number of hydrogen-bond donors (Lipinski definition) is 1. The minimum Gasteiger partial charge on any atom is -0.870 e. The zero-order valence-corrected chi connectivity index (χ0v) is 6.43. The van der Waals surface area contributed by atoms with Gasteiger partial charge >= 0.3 is 23.1 Å². The molecule has 0 bridgehead atoms. The molecular formula is H5MgNO5S. The molecule has 0 saturated carbocycles. The Morgan fingerprint density at radius 1 is 1.12 bits per heavy atom. The van der Waals surface area contributed by atoms with Crippen LogP contribution in [-0.2, 0) is 10.4 Å². The topological polar surface area (TPSA) is 147 Å². The van der Waals surface area contributed by atoms with Crippen LogP contribution in [0.5, 0.6) is 0 Å². The first-order valence-corrected chi connectivity index (χ1v) is 2.00. The predicted molar refractivity (Wildman–Crippen MR) is 24.1 cm³/mol. The Balaban J connectivity index is -0.0000000267. The van der Waals surface area contributed by atoms with Gasteiger partial charge in [0.25, 0.3) is 0 Å². The van der Waals surface area contributed by atoms with Crippen molar-refractivity contribution < 1.29 is 23.0 Å². The molecule has 0 atom stereocenters. The molecule has 0 fully saturated rings. The molecule has 0 aliphatic rings. The maximum absolute atomic E-state index is 8.52. The molecule has 0 heterocycles. The molecule has 0 rings (SSSR count). The molecule has 0 spiro atoms. The van der Waals surface area contributed by atoms with Crippen LogP contribution < -0.4 is 6.15 Å². The molecule has 0 radical (unpaired) electrons. The molecule has 0 aliphatic heterocycles. The van der Waals surface area contributed by atoms with Crippen molar-refractivity contribution in [1.29, 1.82) is 0 Å². The molecule has 0 unspecified atom stereocenters. The van der Waals surface area contributed by atoms with E-state index in [0.29, 0.717) is 0 Å². The molecule has 8 heavy (non-hydrogen) atoms. The van der Waals surface area contributed by atoms with Crippen molar-refractivity contribution in [2.24, 2.45) is 0 Å². The maximum Gasteiger partial charge on any atom is 2.00 e. The summed E-state index contributed by atoms with van der Waals surface area (Å²) in [6.07, 6.45) is 0. The van der Waals surface area contributed by atoms with E-state index in [2.05, 4.69) is 0 Å². The Hall–Kier alpha value is 0.556. The summed E-state index contributed by atoms with van der Waals surface area (Å²) in [6, 6.07) is 0. The first-order valence-electron chi connectivity index (χ1n) is 0.667. The maximum atomic E-state index is 8.52. The van der Waals surface area contributed by atoms with Crippen LogP contribution in [0.1, 0.15) is 0 Å². The van der Waals surface area contributed by atoms with Crippen molar-refractivity contribution in [3.63, 3.8) is 0 Å². The van der Waals surface area contributed by atoms with E-state index in [4.69, 9.17) is 17.5 Å². The van der Waals surface area contributed by atoms with E-state index in [0.717, 1.165) is 0 Å². The quantitative estimate of drug-likeness (QED) is 0.256. The molecule has 0 aromatic rings. The molecule has 6 nitrogen and oxygen atoms in total. The average molecular weight is 155 g/mol. The van der Waals surface area contributed by atoms with Crippen molar-refractivity contribution in [3.05, 3.63) is 0 Å². The fourth-order valence-electron chi connectivity index (χ4n) is 0. The van der Waals surface area contributed by atoms with Gasteiger partial charge in [0, 0.05) is 10.4 Å². The second-order valence-corrected chi connectivity index (χ2v) is 1.22. The van der Waals surface area contributed by atoms with E-state index in [-0.39, 0.29) is 34.7 Å². The first kappa shape index (κ1) is 23.5. The summed E-state index contributed by atoms with van der Waals surface area (Å²) >= 11 is 0. The van der Waals surface area contributed by atoms with Gasteiger partial charge in [0.1, 0.15) is 0 Å². The third kappa shape index (κ3) is 654. The number of hydrogen-bond acceptors (Lipinski definition) is 5.